The number of amides is 1. The van der Waals surface area contributed by atoms with Crippen LogP contribution < -0.4 is 10.6 Å². The van der Waals surface area contributed by atoms with Crippen LogP contribution in [0, 0.1) is 6.92 Å². The van der Waals surface area contributed by atoms with Gasteiger partial charge in [0.05, 0.1) is 23.1 Å². The van der Waals surface area contributed by atoms with Gasteiger partial charge in [-0.2, -0.15) is 0 Å². The van der Waals surface area contributed by atoms with E-state index in [1.54, 1.807) is 19.2 Å². The van der Waals surface area contributed by atoms with Gasteiger partial charge in [0.2, 0.25) is 0 Å². The number of carbonyl (C=O) groups is 1. The molecule has 1 heterocycles. The molecule has 98 valence electrons. The summed E-state index contributed by atoms with van der Waals surface area (Å²) < 4.78 is 0. The molecule has 2 aromatic rings. The maximum Gasteiger partial charge on any atom is 0.275 e. The van der Waals surface area contributed by atoms with Gasteiger partial charge in [0.15, 0.2) is 0 Å². The van der Waals surface area contributed by atoms with Crippen molar-refractivity contribution in [3.05, 3.63) is 46.9 Å². The van der Waals surface area contributed by atoms with Crippen LogP contribution in [0.5, 0.6) is 0 Å². The highest BCUT2D eigenvalue weighted by molar-refractivity contribution is 6.34. The molecule has 0 spiro atoms. The molecule has 0 atom stereocenters. The average molecular weight is 277 g/mol. The molecule has 0 radical (unpaired) electrons. The van der Waals surface area contributed by atoms with Gasteiger partial charge in [0.25, 0.3) is 5.91 Å². The van der Waals surface area contributed by atoms with Gasteiger partial charge in [-0.15, -0.1) is 0 Å². The van der Waals surface area contributed by atoms with E-state index in [0.29, 0.717) is 16.5 Å². The van der Waals surface area contributed by atoms with E-state index in [2.05, 4.69) is 20.6 Å². The van der Waals surface area contributed by atoms with Crippen molar-refractivity contribution in [3.63, 3.8) is 0 Å². The monoisotopic (exact) mass is 276 g/mol. The summed E-state index contributed by atoms with van der Waals surface area (Å²) in [5.74, 6) is 0.255. The normalized spacial score (nSPS) is 10.1. The van der Waals surface area contributed by atoms with E-state index in [4.69, 9.17) is 11.6 Å². The largest absolute Gasteiger partial charge is 0.372 e. The topological polar surface area (TPSA) is 66.9 Å². The fourth-order valence-electron chi connectivity index (χ4n) is 1.48. The number of nitrogens with one attached hydrogen (secondary N) is 2. The highest BCUT2D eigenvalue weighted by Crippen LogP contribution is 2.23. The van der Waals surface area contributed by atoms with Crippen LogP contribution in [0.4, 0.5) is 11.5 Å². The molecule has 0 saturated carbocycles. The number of halogens is 1. The maximum atomic E-state index is 12.0. The fraction of sp³-hybridized carbons (Fsp3) is 0.154. The Balaban J connectivity index is 2.15. The first kappa shape index (κ1) is 13.3. The summed E-state index contributed by atoms with van der Waals surface area (Å²) in [5, 5.41) is 6.02. The quantitative estimate of drug-likeness (QED) is 0.905. The molecular formula is C13H13ClN4O. The van der Waals surface area contributed by atoms with Gasteiger partial charge >= 0.3 is 0 Å². The third-order valence-corrected chi connectivity index (χ3v) is 2.83. The van der Waals surface area contributed by atoms with Gasteiger partial charge < -0.3 is 10.6 Å². The molecular weight excluding hydrogens is 264 g/mol. The van der Waals surface area contributed by atoms with E-state index >= 15 is 0 Å². The lowest BCUT2D eigenvalue weighted by molar-refractivity contribution is 0.102. The number of benzene rings is 1. The van der Waals surface area contributed by atoms with Crippen molar-refractivity contribution >= 4 is 29.0 Å². The van der Waals surface area contributed by atoms with Gasteiger partial charge in [-0.3, -0.25) is 4.79 Å². The standard InChI is InChI=1S/C13H13ClN4O/c1-8-3-4-10(9(14)5-8)18-13(19)11-6-17-12(15-2)7-16-11/h3-7H,1-2H3,(H,15,17)(H,18,19). The lowest BCUT2D eigenvalue weighted by Gasteiger charge is -2.07. The molecule has 1 aromatic carbocycles. The number of nitrogens with zero attached hydrogens (tertiary/aromatic N) is 2. The zero-order valence-electron chi connectivity index (χ0n) is 10.6. The molecule has 0 bridgehead atoms. The summed E-state index contributed by atoms with van der Waals surface area (Å²) in [4.78, 5) is 20.0. The lowest BCUT2D eigenvalue weighted by atomic mass is 10.2. The van der Waals surface area contributed by atoms with Crippen molar-refractivity contribution in [2.75, 3.05) is 17.7 Å². The molecule has 5 nitrogen and oxygen atoms in total. The van der Waals surface area contributed by atoms with Crippen LogP contribution in [0.25, 0.3) is 0 Å². The predicted octanol–water partition coefficient (Wildman–Crippen LogP) is 2.73. The Morgan fingerprint density at radius 1 is 1.26 bits per heavy atom. The second-order valence-corrected chi connectivity index (χ2v) is 4.38. The van der Waals surface area contributed by atoms with Gasteiger partial charge in [0, 0.05) is 7.05 Å². The number of aryl methyl sites for hydroxylation is 1. The average Bonchev–Trinajstić information content (AvgIpc) is 2.42. The Labute approximate surface area is 116 Å². The van der Waals surface area contributed by atoms with Crippen LogP contribution in [0.2, 0.25) is 5.02 Å². The van der Waals surface area contributed by atoms with Crippen molar-refractivity contribution in [2.45, 2.75) is 6.92 Å². The molecule has 2 N–H and O–H groups in total. The minimum atomic E-state index is -0.346. The molecule has 2 rings (SSSR count). The van der Waals surface area contributed by atoms with Crippen molar-refractivity contribution in [1.29, 1.82) is 0 Å². The van der Waals surface area contributed by atoms with Crippen molar-refractivity contribution < 1.29 is 4.79 Å². The number of anilines is 2. The van der Waals surface area contributed by atoms with E-state index in [0.717, 1.165) is 5.56 Å². The Bertz CT molecular complexity index is 598. The molecule has 1 aromatic heterocycles. The first-order valence-electron chi connectivity index (χ1n) is 5.67. The summed E-state index contributed by atoms with van der Waals surface area (Å²) in [7, 11) is 1.73. The van der Waals surface area contributed by atoms with Crippen LogP contribution in [0.1, 0.15) is 16.1 Å². The number of hydrogen-bond acceptors (Lipinski definition) is 4. The van der Waals surface area contributed by atoms with Crippen molar-refractivity contribution in [3.8, 4) is 0 Å². The van der Waals surface area contributed by atoms with Gasteiger partial charge in [-0.1, -0.05) is 17.7 Å². The van der Waals surface area contributed by atoms with Crippen LogP contribution in [0.15, 0.2) is 30.6 Å². The molecule has 0 saturated heterocycles. The van der Waals surface area contributed by atoms with E-state index in [9.17, 15) is 4.79 Å². The highest BCUT2D eigenvalue weighted by atomic mass is 35.5. The van der Waals surface area contributed by atoms with E-state index in [-0.39, 0.29) is 11.6 Å². The number of hydrogen-bond donors (Lipinski definition) is 2. The number of carbonyl (C=O) groups excluding carboxylic acids is 1. The zero-order valence-corrected chi connectivity index (χ0v) is 11.3. The fourth-order valence-corrected chi connectivity index (χ4v) is 1.76. The third-order valence-electron chi connectivity index (χ3n) is 2.51. The van der Waals surface area contributed by atoms with Crippen LogP contribution >= 0.6 is 11.6 Å². The highest BCUT2D eigenvalue weighted by Gasteiger charge is 2.10. The Morgan fingerprint density at radius 2 is 2.05 bits per heavy atom. The number of aromatic nitrogens is 2. The van der Waals surface area contributed by atoms with Crippen LogP contribution in [-0.2, 0) is 0 Å². The Hall–Kier alpha value is -2.14. The minimum absolute atomic E-state index is 0.232. The summed E-state index contributed by atoms with van der Waals surface area (Å²) >= 11 is 6.05. The Morgan fingerprint density at radius 3 is 2.63 bits per heavy atom. The molecule has 0 aliphatic carbocycles. The second-order valence-electron chi connectivity index (χ2n) is 3.97. The molecule has 0 aliphatic rings. The molecule has 0 aliphatic heterocycles. The number of rotatable bonds is 3. The van der Waals surface area contributed by atoms with Gasteiger partial charge in [0.1, 0.15) is 11.5 Å². The minimum Gasteiger partial charge on any atom is -0.372 e. The summed E-state index contributed by atoms with van der Waals surface area (Å²) in [6.07, 6.45) is 2.90. The first-order chi connectivity index (χ1) is 9.10. The molecule has 0 unspecified atom stereocenters. The maximum absolute atomic E-state index is 12.0. The van der Waals surface area contributed by atoms with Crippen molar-refractivity contribution in [2.24, 2.45) is 0 Å². The summed E-state index contributed by atoms with van der Waals surface area (Å²) in [5.41, 5.74) is 1.81. The van der Waals surface area contributed by atoms with Crippen LogP contribution in [-0.4, -0.2) is 22.9 Å². The molecule has 19 heavy (non-hydrogen) atoms. The molecule has 6 heteroatoms. The second kappa shape index (κ2) is 5.67. The smallest absolute Gasteiger partial charge is 0.275 e. The van der Waals surface area contributed by atoms with Gasteiger partial charge in [-0.05, 0) is 24.6 Å². The Kier molecular flexibility index (Phi) is 3.97. The summed E-state index contributed by atoms with van der Waals surface area (Å²) in [6.45, 7) is 1.93. The first-order valence-corrected chi connectivity index (χ1v) is 6.05. The third kappa shape index (κ3) is 3.20. The SMILES string of the molecule is CNc1cnc(C(=O)Nc2ccc(C)cc2Cl)cn1. The predicted molar refractivity (Wildman–Crippen MR) is 75.7 cm³/mol. The van der Waals surface area contributed by atoms with Crippen molar-refractivity contribution in [1.82, 2.24) is 9.97 Å². The molecule has 0 fully saturated rings. The summed E-state index contributed by atoms with van der Waals surface area (Å²) in [6, 6.07) is 5.41. The van der Waals surface area contributed by atoms with E-state index in [1.165, 1.54) is 12.4 Å². The van der Waals surface area contributed by atoms with E-state index in [1.807, 2.05) is 13.0 Å². The van der Waals surface area contributed by atoms with E-state index < -0.39 is 0 Å². The zero-order chi connectivity index (χ0) is 13.8. The molecule has 1 amide bonds. The van der Waals surface area contributed by atoms with Gasteiger partial charge in [-0.25, -0.2) is 9.97 Å². The van der Waals surface area contributed by atoms with Crippen LogP contribution in [0.3, 0.4) is 0 Å². The lowest BCUT2D eigenvalue weighted by Crippen LogP contribution is -2.14.